The van der Waals surface area contributed by atoms with Crippen molar-refractivity contribution in [1.29, 1.82) is 0 Å². The first kappa shape index (κ1) is 22.0. The van der Waals surface area contributed by atoms with Gasteiger partial charge < -0.3 is 15.7 Å². The number of carbonyl (C=O) groups is 2. The fourth-order valence-corrected chi connectivity index (χ4v) is 4.68. The number of amides is 2. The maximum absolute atomic E-state index is 13.5. The highest BCUT2D eigenvalue weighted by molar-refractivity contribution is 6.31. The molecule has 0 aliphatic carbocycles. The van der Waals surface area contributed by atoms with E-state index in [-0.39, 0.29) is 29.0 Å². The van der Waals surface area contributed by atoms with Crippen molar-refractivity contribution in [2.45, 2.75) is 57.2 Å². The molecule has 1 aromatic rings. The summed E-state index contributed by atoms with van der Waals surface area (Å²) >= 11 is 5.82. The number of aliphatic hydroxyl groups is 1. The second-order valence-corrected chi connectivity index (χ2v) is 9.29. The molecule has 2 heterocycles. The second kappa shape index (κ2) is 8.98. The lowest BCUT2D eigenvalue weighted by Crippen LogP contribution is -2.53. The molecular weight excluding hydrogens is 397 g/mol. The predicted octanol–water partition coefficient (Wildman–Crippen LogP) is 2.34. The number of carbonyl (C=O) groups excluding carboxylic acids is 2. The van der Waals surface area contributed by atoms with Gasteiger partial charge in [0.05, 0.1) is 18.7 Å². The van der Waals surface area contributed by atoms with Gasteiger partial charge in [0.2, 0.25) is 5.91 Å². The van der Waals surface area contributed by atoms with Gasteiger partial charge in [-0.1, -0.05) is 11.6 Å². The maximum atomic E-state index is 13.5. The smallest absolute Gasteiger partial charge is 0.251 e. The lowest BCUT2D eigenvalue weighted by molar-refractivity contribution is -0.125. The Morgan fingerprint density at radius 3 is 2.48 bits per heavy atom. The van der Waals surface area contributed by atoms with Crippen LogP contribution in [0.15, 0.2) is 18.2 Å². The Morgan fingerprint density at radius 2 is 1.90 bits per heavy atom. The van der Waals surface area contributed by atoms with Gasteiger partial charge in [-0.3, -0.25) is 14.5 Å². The molecule has 0 aromatic heterocycles. The highest BCUT2D eigenvalue weighted by Crippen LogP contribution is 2.38. The molecule has 3 atom stereocenters. The van der Waals surface area contributed by atoms with Crippen LogP contribution < -0.4 is 10.6 Å². The molecule has 6 nitrogen and oxygen atoms in total. The summed E-state index contributed by atoms with van der Waals surface area (Å²) in [6, 6.07) is 4.45. The molecule has 0 spiro atoms. The minimum absolute atomic E-state index is 0.0734. The highest BCUT2D eigenvalue weighted by atomic mass is 35.5. The fraction of sp³-hybridized carbons (Fsp3) is 0.619. The topological polar surface area (TPSA) is 81.7 Å². The standard InChI is InChI=1S/C21H29ClFN3O3/c1-21(2,12-27)25-19(28)11-26-17-3-4-18(26)6-13(5-17)10-24-20(29)14-7-15(22)9-16(23)8-14/h7-9,13,17-18,27H,3-6,10-12H2,1-2H3,(H,24,29)(H,25,28)/t13-,17-,18+. The van der Waals surface area contributed by atoms with Crippen molar-refractivity contribution in [2.75, 3.05) is 19.7 Å². The van der Waals surface area contributed by atoms with Gasteiger partial charge in [-0.2, -0.15) is 0 Å². The van der Waals surface area contributed by atoms with Crippen molar-refractivity contribution in [3.63, 3.8) is 0 Å². The summed E-state index contributed by atoms with van der Waals surface area (Å²) < 4.78 is 13.5. The molecule has 2 amide bonds. The summed E-state index contributed by atoms with van der Waals surface area (Å²) in [5, 5.41) is 15.3. The van der Waals surface area contributed by atoms with Gasteiger partial charge in [-0.05, 0) is 63.6 Å². The number of rotatable bonds is 7. The molecule has 2 aliphatic heterocycles. The van der Waals surface area contributed by atoms with E-state index in [1.54, 1.807) is 13.8 Å². The highest BCUT2D eigenvalue weighted by Gasteiger charge is 2.41. The number of benzene rings is 1. The van der Waals surface area contributed by atoms with Gasteiger partial charge in [0.25, 0.3) is 5.91 Å². The summed E-state index contributed by atoms with van der Waals surface area (Å²) in [7, 11) is 0. The number of halogens is 2. The zero-order chi connectivity index (χ0) is 21.2. The Balaban J connectivity index is 1.51. The number of nitrogens with one attached hydrogen (secondary N) is 2. The Kier molecular flexibility index (Phi) is 6.81. The summed E-state index contributed by atoms with van der Waals surface area (Å²) in [6.07, 6.45) is 3.92. The Morgan fingerprint density at radius 1 is 1.24 bits per heavy atom. The summed E-state index contributed by atoms with van der Waals surface area (Å²) in [6.45, 7) is 4.33. The lowest BCUT2D eigenvalue weighted by atomic mass is 9.90. The molecule has 3 N–H and O–H groups in total. The van der Waals surface area contributed by atoms with Crippen LogP contribution in [0.5, 0.6) is 0 Å². The Hall–Kier alpha value is -1.70. The van der Waals surface area contributed by atoms with E-state index in [0.717, 1.165) is 25.7 Å². The van der Waals surface area contributed by atoms with Crippen LogP contribution in [0.3, 0.4) is 0 Å². The third-order valence-electron chi connectivity index (χ3n) is 5.86. The average Bonchev–Trinajstić information content (AvgIpc) is 2.87. The van der Waals surface area contributed by atoms with Gasteiger partial charge in [0.1, 0.15) is 5.82 Å². The van der Waals surface area contributed by atoms with Crippen molar-refractivity contribution in [2.24, 2.45) is 5.92 Å². The van der Waals surface area contributed by atoms with Gasteiger partial charge in [-0.25, -0.2) is 4.39 Å². The van der Waals surface area contributed by atoms with E-state index in [4.69, 9.17) is 11.6 Å². The molecule has 0 unspecified atom stereocenters. The lowest BCUT2D eigenvalue weighted by Gasteiger charge is -2.39. The minimum Gasteiger partial charge on any atom is -0.394 e. The first-order valence-electron chi connectivity index (χ1n) is 10.1. The van der Waals surface area contributed by atoms with E-state index in [1.165, 1.54) is 18.2 Å². The van der Waals surface area contributed by atoms with Crippen LogP contribution in [0, 0.1) is 11.7 Å². The predicted molar refractivity (Wildman–Crippen MR) is 109 cm³/mol. The van der Waals surface area contributed by atoms with Crippen LogP contribution in [0.1, 0.15) is 49.9 Å². The number of nitrogens with zero attached hydrogens (tertiary/aromatic N) is 1. The second-order valence-electron chi connectivity index (χ2n) is 8.85. The molecule has 0 radical (unpaired) electrons. The van der Waals surface area contributed by atoms with E-state index in [1.807, 2.05) is 0 Å². The van der Waals surface area contributed by atoms with Crippen molar-refractivity contribution >= 4 is 23.4 Å². The zero-order valence-electron chi connectivity index (χ0n) is 16.9. The molecule has 2 bridgehead atoms. The molecule has 2 saturated heterocycles. The van der Waals surface area contributed by atoms with Crippen LogP contribution in [-0.4, -0.2) is 59.1 Å². The van der Waals surface area contributed by atoms with Gasteiger partial charge in [0.15, 0.2) is 0 Å². The van der Waals surface area contributed by atoms with Gasteiger partial charge in [-0.15, -0.1) is 0 Å². The summed E-state index contributed by atoms with van der Waals surface area (Å²) in [4.78, 5) is 26.9. The van der Waals surface area contributed by atoms with E-state index in [9.17, 15) is 19.1 Å². The number of aliphatic hydroxyl groups excluding tert-OH is 1. The molecule has 2 fully saturated rings. The minimum atomic E-state index is -0.626. The van der Waals surface area contributed by atoms with Crippen molar-refractivity contribution in [1.82, 2.24) is 15.5 Å². The van der Waals surface area contributed by atoms with Crippen molar-refractivity contribution < 1.29 is 19.1 Å². The monoisotopic (exact) mass is 425 g/mol. The molecule has 3 rings (SSSR count). The van der Waals surface area contributed by atoms with Crippen LogP contribution in [-0.2, 0) is 4.79 Å². The number of piperidine rings is 1. The molecule has 2 aliphatic rings. The van der Waals surface area contributed by atoms with Gasteiger partial charge in [0, 0.05) is 29.2 Å². The quantitative estimate of drug-likeness (QED) is 0.626. The van der Waals surface area contributed by atoms with Crippen molar-refractivity contribution in [3.8, 4) is 0 Å². The van der Waals surface area contributed by atoms with E-state index in [2.05, 4.69) is 15.5 Å². The molecule has 1 aromatic carbocycles. The Bertz CT molecular complexity index is 739. The molecule has 0 saturated carbocycles. The Labute approximate surface area is 175 Å². The SMILES string of the molecule is CC(C)(CO)NC(=O)CN1[C@@H]2CC[C@H]1C[C@H](CNC(=O)c1cc(F)cc(Cl)c1)C2. The normalized spacial score (nSPS) is 24.4. The summed E-state index contributed by atoms with van der Waals surface area (Å²) in [5.74, 6) is -0.604. The number of hydrogen-bond acceptors (Lipinski definition) is 4. The first-order valence-corrected chi connectivity index (χ1v) is 10.5. The third-order valence-corrected chi connectivity index (χ3v) is 6.08. The van der Waals surface area contributed by atoms with E-state index in [0.29, 0.717) is 31.1 Å². The van der Waals surface area contributed by atoms with E-state index >= 15 is 0 Å². The van der Waals surface area contributed by atoms with Crippen LogP contribution in [0.4, 0.5) is 4.39 Å². The molecular formula is C21H29ClFN3O3. The summed E-state index contributed by atoms with van der Waals surface area (Å²) in [5.41, 5.74) is -0.406. The average molecular weight is 426 g/mol. The van der Waals surface area contributed by atoms with Crippen LogP contribution >= 0.6 is 11.6 Å². The molecule has 8 heteroatoms. The maximum Gasteiger partial charge on any atom is 0.251 e. The number of fused-ring (bicyclic) bond motifs is 2. The van der Waals surface area contributed by atoms with Crippen LogP contribution in [0.2, 0.25) is 5.02 Å². The van der Waals surface area contributed by atoms with Crippen LogP contribution in [0.25, 0.3) is 0 Å². The van der Waals surface area contributed by atoms with E-state index < -0.39 is 11.4 Å². The zero-order valence-corrected chi connectivity index (χ0v) is 17.6. The third kappa shape index (κ3) is 5.68. The first-order chi connectivity index (χ1) is 13.7. The largest absolute Gasteiger partial charge is 0.394 e. The molecule has 160 valence electrons. The fourth-order valence-electron chi connectivity index (χ4n) is 4.46. The van der Waals surface area contributed by atoms with Gasteiger partial charge >= 0.3 is 0 Å². The number of hydrogen-bond donors (Lipinski definition) is 3. The molecule has 29 heavy (non-hydrogen) atoms. The van der Waals surface area contributed by atoms with Crippen molar-refractivity contribution in [3.05, 3.63) is 34.6 Å².